The summed E-state index contributed by atoms with van der Waals surface area (Å²) >= 11 is 0. The van der Waals surface area contributed by atoms with Gasteiger partial charge in [0.05, 0.1) is 6.10 Å². The van der Waals surface area contributed by atoms with Gasteiger partial charge in [-0.15, -0.1) is 0 Å². The predicted octanol–water partition coefficient (Wildman–Crippen LogP) is 2.01. The molecule has 1 heterocycles. The smallest absolute Gasteiger partial charge is 0.0565 e. The summed E-state index contributed by atoms with van der Waals surface area (Å²) in [5.41, 5.74) is 7.49. The molecule has 0 amide bonds. The lowest BCUT2D eigenvalue weighted by atomic mass is 9.85. The Morgan fingerprint density at radius 1 is 1.39 bits per heavy atom. The summed E-state index contributed by atoms with van der Waals surface area (Å²) < 4.78 is 5.65. The lowest BCUT2D eigenvalue weighted by Crippen LogP contribution is -2.56. The van der Waals surface area contributed by atoms with Gasteiger partial charge in [0, 0.05) is 25.2 Å². The first-order valence-corrected chi connectivity index (χ1v) is 6.73. The summed E-state index contributed by atoms with van der Waals surface area (Å²) in [7, 11) is 2.18. The molecule has 1 aliphatic heterocycles. The van der Waals surface area contributed by atoms with Gasteiger partial charge in [0.2, 0.25) is 0 Å². The highest BCUT2D eigenvalue weighted by atomic mass is 16.5. The first-order chi connectivity index (χ1) is 8.66. The molecule has 1 saturated heterocycles. The molecule has 0 spiro atoms. The van der Waals surface area contributed by atoms with E-state index in [9.17, 15) is 0 Å². The third-order valence-corrected chi connectivity index (χ3v) is 4.09. The Balaban J connectivity index is 2.07. The van der Waals surface area contributed by atoms with Gasteiger partial charge in [-0.25, -0.2) is 0 Å². The van der Waals surface area contributed by atoms with E-state index in [1.807, 2.05) is 0 Å². The summed E-state index contributed by atoms with van der Waals surface area (Å²) in [5.74, 6) is 0. The van der Waals surface area contributed by atoms with Crippen molar-refractivity contribution in [1.82, 2.24) is 4.90 Å². The van der Waals surface area contributed by atoms with Crippen LogP contribution in [0.1, 0.15) is 25.3 Å². The molecule has 1 aromatic rings. The van der Waals surface area contributed by atoms with Crippen LogP contribution in [0.4, 0.5) is 0 Å². The summed E-state index contributed by atoms with van der Waals surface area (Å²) in [6.45, 7) is 4.60. The van der Waals surface area contributed by atoms with Crippen molar-refractivity contribution in [3.8, 4) is 0 Å². The minimum absolute atomic E-state index is 0.0908. The number of ether oxygens (including phenoxy) is 1. The minimum atomic E-state index is 0.0908. The Morgan fingerprint density at radius 2 is 2.11 bits per heavy atom. The van der Waals surface area contributed by atoms with E-state index in [1.54, 1.807) is 0 Å². The molecule has 18 heavy (non-hydrogen) atoms. The van der Waals surface area contributed by atoms with Gasteiger partial charge in [-0.3, -0.25) is 4.90 Å². The zero-order valence-corrected chi connectivity index (χ0v) is 11.4. The minimum Gasteiger partial charge on any atom is -0.378 e. The second-order valence-electron chi connectivity index (χ2n) is 5.41. The van der Waals surface area contributed by atoms with E-state index in [0.29, 0.717) is 12.6 Å². The third kappa shape index (κ3) is 2.91. The quantitative estimate of drug-likeness (QED) is 0.886. The van der Waals surface area contributed by atoms with Crippen LogP contribution in [0.25, 0.3) is 0 Å². The summed E-state index contributed by atoms with van der Waals surface area (Å²) in [6.07, 6.45) is 2.35. The van der Waals surface area contributed by atoms with Crippen LogP contribution in [0.5, 0.6) is 0 Å². The average molecular weight is 248 g/mol. The van der Waals surface area contributed by atoms with E-state index >= 15 is 0 Å². The maximum Gasteiger partial charge on any atom is 0.0565 e. The van der Waals surface area contributed by atoms with Crippen LogP contribution in [0.15, 0.2) is 30.3 Å². The maximum atomic E-state index is 6.06. The van der Waals surface area contributed by atoms with Crippen molar-refractivity contribution in [1.29, 1.82) is 0 Å². The average Bonchev–Trinajstić information content (AvgIpc) is 2.39. The van der Waals surface area contributed by atoms with E-state index in [0.717, 1.165) is 26.0 Å². The van der Waals surface area contributed by atoms with Gasteiger partial charge >= 0.3 is 0 Å². The van der Waals surface area contributed by atoms with Gasteiger partial charge in [-0.2, -0.15) is 0 Å². The lowest BCUT2D eigenvalue weighted by Gasteiger charge is -2.46. The van der Waals surface area contributed by atoms with Crippen molar-refractivity contribution < 1.29 is 4.74 Å². The maximum absolute atomic E-state index is 6.06. The van der Waals surface area contributed by atoms with Gasteiger partial charge in [0.25, 0.3) is 0 Å². The Labute approximate surface area is 110 Å². The predicted molar refractivity (Wildman–Crippen MR) is 74.3 cm³/mol. The molecule has 2 rings (SSSR count). The van der Waals surface area contributed by atoms with Crippen molar-refractivity contribution in [2.45, 2.75) is 38.0 Å². The highest BCUT2D eigenvalue weighted by molar-refractivity contribution is 5.15. The Kier molecular flexibility index (Phi) is 4.38. The van der Waals surface area contributed by atoms with Gasteiger partial charge in [0.15, 0.2) is 0 Å². The Morgan fingerprint density at radius 3 is 2.72 bits per heavy atom. The monoisotopic (exact) mass is 248 g/mol. The second-order valence-corrected chi connectivity index (χ2v) is 5.41. The van der Waals surface area contributed by atoms with E-state index in [4.69, 9.17) is 10.5 Å². The largest absolute Gasteiger partial charge is 0.378 e. The van der Waals surface area contributed by atoms with E-state index in [1.165, 1.54) is 5.56 Å². The fourth-order valence-corrected chi connectivity index (χ4v) is 2.86. The van der Waals surface area contributed by atoms with E-state index < -0.39 is 0 Å². The van der Waals surface area contributed by atoms with E-state index in [2.05, 4.69) is 49.2 Å². The number of nitrogens with zero attached hydrogens (tertiary/aromatic N) is 1. The molecule has 1 fully saturated rings. The number of hydrogen-bond acceptors (Lipinski definition) is 3. The normalized spacial score (nSPS) is 28.6. The fourth-order valence-electron chi connectivity index (χ4n) is 2.86. The highest BCUT2D eigenvalue weighted by Crippen LogP contribution is 2.30. The molecule has 0 bridgehead atoms. The van der Waals surface area contributed by atoms with Crippen LogP contribution >= 0.6 is 0 Å². The summed E-state index contributed by atoms with van der Waals surface area (Å²) in [4.78, 5) is 2.40. The van der Waals surface area contributed by atoms with Crippen molar-refractivity contribution in [2.24, 2.45) is 5.73 Å². The Hall–Kier alpha value is -0.900. The first-order valence-electron chi connectivity index (χ1n) is 6.73. The molecule has 1 aromatic carbocycles. The van der Waals surface area contributed by atoms with Crippen molar-refractivity contribution in [3.63, 3.8) is 0 Å². The molecular formula is C15H24N2O. The molecule has 0 radical (unpaired) electrons. The Bertz CT molecular complexity index is 368. The van der Waals surface area contributed by atoms with Crippen LogP contribution in [-0.4, -0.2) is 36.7 Å². The molecule has 2 N–H and O–H groups in total. The van der Waals surface area contributed by atoms with E-state index in [-0.39, 0.29) is 5.54 Å². The number of nitrogens with two attached hydrogens (primary N) is 1. The van der Waals surface area contributed by atoms with Crippen LogP contribution in [0, 0.1) is 0 Å². The van der Waals surface area contributed by atoms with Gasteiger partial charge in [-0.1, -0.05) is 30.3 Å². The molecule has 100 valence electrons. The topological polar surface area (TPSA) is 38.5 Å². The SMILES string of the molecule is CC1CC(CN)(N(C)Cc2ccccc2)CCO1. The first kappa shape index (κ1) is 13.5. The fraction of sp³-hybridized carbons (Fsp3) is 0.600. The lowest BCUT2D eigenvalue weighted by molar-refractivity contribution is -0.0584. The molecule has 2 unspecified atom stereocenters. The molecular weight excluding hydrogens is 224 g/mol. The zero-order valence-electron chi connectivity index (χ0n) is 11.4. The highest BCUT2D eigenvalue weighted by Gasteiger charge is 2.37. The zero-order chi connectivity index (χ0) is 13.0. The summed E-state index contributed by atoms with van der Waals surface area (Å²) in [6, 6.07) is 10.6. The molecule has 0 saturated carbocycles. The van der Waals surface area contributed by atoms with Crippen LogP contribution in [0.2, 0.25) is 0 Å². The van der Waals surface area contributed by atoms with Gasteiger partial charge in [0.1, 0.15) is 0 Å². The van der Waals surface area contributed by atoms with Crippen LogP contribution in [-0.2, 0) is 11.3 Å². The number of likely N-dealkylation sites (N-methyl/N-ethyl adjacent to an activating group) is 1. The van der Waals surface area contributed by atoms with Crippen molar-refractivity contribution >= 4 is 0 Å². The molecule has 0 aromatic heterocycles. The summed E-state index contributed by atoms with van der Waals surface area (Å²) in [5, 5.41) is 0. The number of benzene rings is 1. The van der Waals surface area contributed by atoms with Gasteiger partial charge < -0.3 is 10.5 Å². The number of hydrogen-bond donors (Lipinski definition) is 1. The van der Waals surface area contributed by atoms with Crippen LogP contribution < -0.4 is 5.73 Å². The molecule has 0 aliphatic carbocycles. The molecule has 1 aliphatic rings. The second kappa shape index (κ2) is 5.83. The van der Waals surface area contributed by atoms with Crippen molar-refractivity contribution in [3.05, 3.63) is 35.9 Å². The van der Waals surface area contributed by atoms with Crippen molar-refractivity contribution in [2.75, 3.05) is 20.2 Å². The number of rotatable bonds is 4. The molecule has 2 atom stereocenters. The van der Waals surface area contributed by atoms with Gasteiger partial charge in [-0.05, 0) is 32.4 Å². The third-order valence-electron chi connectivity index (χ3n) is 4.09. The van der Waals surface area contributed by atoms with Crippen LogP contribution in [0.3, 0.4) is 0 Å². The standard InChI is InChI=1S/C15H24N2O/c1-13-10-15(12-16,8-9-18-13)17(2)11-14-6-4-3-5-7-14/h3-7,13H,8-12,16H2,1-2H3. The molecule has 3 nitrogen and oxygen atoms in total. The molecule has 3 heteroatoms.